The van der Waals surface area contributed by atoms with Gasteiger partial charge in [0.25, 0.3) is 0 Å². The van der Waals surface area contributed by atoms with Crippen molar-refractivity contribution in [3.05, 3.63) is 77.7 Å². The summed E-state index contributed by atoms with van der Waals surface area (Å²) < 4.78 is 18.5. The van der Waals surface area contributed by atoms with Crippen LogP contribution >= 0.6 is 0 Å². The Morgan fingerprint density at radius 1 is 1.23 bits per heavy atom. The van der Waals surface area contributed by atoms with Crippen molar-refractivity contribution in [2.24, 2.45) is 0 Å². The number of fused-ring (bicyclic) bond motifs is 1. The molecule has 0 unspecified atom stereocenters. The highest BCUT2D eigenvalue weighted by molar-refractivity contribution is 5.91. The molecule has 0 saturated carbocycles. The zero-order chi connectivity index (χ0) is 18.4. The van der Waals surface area contributed by atoms with E-state index in [1.807, 2.05) is 30.3 Å². The van der Waals surface area contributed by atoms with Gasteiger partial charge >= 0.3 is 0 Å². The third-order valence-electron chi connectivity index (χ3n) is 4.01. The molecule has 0 fully saturated rings. The summed E-state index contributed by atoms with van der Waals surface area (Å²) in [5.74, 6) is -0.511. The van der Waals surface area contributed by atoms with Crippen LogP contribution in [-0.2, 0) is 11.2 Å². The van der Waals surface area contributed by atoms with E-state index in [9.17, 15) is 9.18 Å². The van der Waals surface area contributed by atoms with Crippen molar-refractivity contribution in [3.8, 4) is 5.75 Å². The second-order valence-corrected chi connectivity index (χ2v) is 5.76. The van der Waals surface area contributed by atoms with Crippen LogP contribution in [0.15, 0.2) is 60.8 Å². The third-order valence-corrected chi connectivity index (χ3v) is 4.01. The summed E-state index contributed by atoms with van der Waals surface area (Å²) in [6, 6.07) is 14.5. The summed E-state index contributed by atoms with van der Waals surface area (Å²) in [6.07, 6.45) is 5.41. The molecule has 0 aliphatic heterocycles. The van der Waals surface area contributed by atoms with Crippen LogP contribution in [0.5, 0.6) is 5.75 Å². The lowest BCUT2D eigenvalue weighted by molar-refractivity contribution is -0.116. The lowest BCUT2D eigenvalue weighted by Crippen LogP contribution is -2.23. The first-order valence-corrected chi connectivity index (χ1v) is 8.29. The van der Waals surface area contributed by atoms with Gasteiger partial charge in [-0.1, -0.05) is 30.3 Å². The van der Waals surface area contributed by atoms with E-state index in [2.05, 4.69) is 10.3 Å². The Kier molecular flexibility index (Phi) is 5.59. The van der Waals surface area contributed by atoms with Gasteiger partial charge in [0.05, 0.1) is 12.6 Å². The van der Waals surface area contributed by atoms with Crippen molar-refractivity contribution in [1.29, 1.82) is 0 Å². The Bertz CT molecular complexity index is 948. The zero-order valence-corrected chi connectivity index (χ0v) is 14.4. The maximum absolute atomic E-state index is 13.6. The summed E-state index contributed by atoms with van der Waals surface area (Å²) in [7, 11) is 1.41. The zero-order valence-electron chi connectivity index (χ0n) is 14.4. The van der Waals surface area contributed by atoms with Crippen LogP contribution in [0.4, 0.5) is 4.39 Å². The molecule has 0 saturated heterocycles. The molecule has 0 aliphatic rings. The van der Waals surface area contributed by atoms with Gasteiger partial charge in [0, 0.05) is 24.2 Å². The number of pyridine rings is 1. The molecule has 4 nitrogen and oxygen atoms in total. The number of methoxy groups -OCH3 is 1. The Labute approximate surface area is 151 Å². The molecule has 1 amide bonds. The van der Waals surface area contributed by atoms with Crippen LogP contribution in [0.1, 0.15) is 11.1 Å². The first-order valence-electron chi connectivity index (χ1n) is 8.29. The number of nitrogens with zero attached hydrogens (tertiary/aromatic N) is 1. The van der Waals surface area contributed by atoms with Crippen molar-refractivity contribution >= 4 is 22.9 Å². The Morgan fingerprint density at radius 2 is 2.08 bits per heavy atom. The molecule has 2 aromatic carbocycles. The smallest absolute Gasteiger partial charge is 0.244 e. The van der Waals surface area contributed by atoms with E-state index >= 15 is 0 Å². The first-order chi connectivity index (χ1) is 12.7. The first kappa shape index (κ1) is 17.6. The molecule has 1 heterocycles. The van der Waals surface area contributed by atoms with Gasteiger partial charge in [-0.25, -0.2) is 4.39 Å². The number of carbonyl (C=O) groups is 1. The monoisotopic (exact) mass is 350 g/mol. The maximum Gasteiger partial charge on any atom is 0.244 e. The Morgan fingerprint density at radius 3 is 2.88 bits per heavy atom. The molecule has 26 heavy (non-hydrogen) atoms. The van der Waals surface area contributed by atoms with Crippen LogP contribution in [-0.4, -0.2) is 24.5 Å². The predicted molar refractivity (Wildman–Crippen MR) is 100 cm³/mol. The van der Waals surface area contributed by atoms with E-state index in [0.717, 1.165) is 16.5 Å². The molecule has 0 bridgehead atoms. The normalized spacial score (nSPS) is 11.0. The standard InChI is InChI=1S/C21H19FN2O2/c1-26-19-9-7-15(14-18(19)22)8-10-20(25)23-13-11-17-5-2-4-16-6-3-12-24-21(16)17/h2-10,12,14H,11,13H2,1H3,(H,23,25)/b10-8+. The molecular weight excluding hydrogens is 331 g/mol. The van der Waals surface area contributed by atoms with Crippen molar-refractivity contribution in [2.75, 3.05) is 13.7 Å². The number of hydrogen-bond donors (Lipinski definition) is 1. The van der Waals surface area contributed by atoms with E-state index in [0.29, 0.717) is 18.5 Å². The van der Waals surface area contributed by atoms with Gasteiger partial charge in [-0.05, 0) is 41.8 Å². The summed E-state index contributed by atoms with van der Waals surface area (Å²) in [6.45, 7) is 0.496. The number of nitrogens with one attached hydrogen (secondary N) is 1. The topological polar surface area (TPSA) is 51.2 Å². The molecule has 132 valence electrons. The van der Waals surface area contributed by atoms with Gasteiger partial charge in [-0.2, -0.15) is 0 Å². The molecule has 3 rings (SSSR count). The number of ether oxygens (including phenoxy) is 1. The van der Waals surface area contributed by atoms with Gasteiger partial charge < -0.3 is 10.1 Å². The van der Waals surface area contributed by atoms with E-state index in [4.69, 9.17) is 4.74 Å². The van der Waals surface area contributed by atoms with Crippen LogP contribution in [0.25, 0.3) is 17.0 Å². The van der Waals surface area contributed by atoms with Gasteiger partial charge in [0.2, 0.25) is 5.91 Å². The van der Waals surface area contributed by atoms with Gasteiger partial charge in [-0.15, -0.1) is 0 Å². The summed E-state index contributed by atoms with van der Waals surface area (Å²) >= 11 is 0. The predicted octanol–water partition coefficient (Wildman–Crippen LogP) is 3.75. The molecule has 0 radical (unpaired) electrons. The largest absolute Gasteiger partial charge is 0.494 e. The molecule has 0 aliphatic carbocycles. The van der Waals surface area contributed by atoms with E-state index < -0.39 is 5.82 Å². The van der Waals surface area contributed by atoms with E-state index in [1.54, 1.807) is 18.3 Å². The SMILES string of the molecule is COc1ccc(/C=C/C(=O)NCCc2cccc3cccnc23)cc1F. The Hall–Kier alpha value is -3.21. The fourth-order valence-corrected chi connectivity index (χ4v) is 2.71. The number of hydrogen-bond acceptors (Lipinski definition) is 3. The lowest BCUT2D eigenvalue weighted by Gasteiger charge is -2.06. The summed E-state index contributed by atoms with van der Waals surface area (Å²) in [5, 5.41) is 3.91. The second-order valence-electron chi connectivity index (χ2n) is 5.76. The number of benzene rings is 2. The van der Waals surface area contributed by atoms with Crippen molar-refractivity contribution in [1.82, 2.24) is 10.3 Å². The van der Waals surface area contributed by atoms with E-state index in [-0.39, 0.29) is 11.7 Å². The van der Waals surface area contributed by atoms with Gasteiger partial charge in [0.1, 0.15) is 0 Å². The number of halogens is 1. The summed E-state index contributed by atoms with van der Waals surface area (Å²) in [4.78, 5) is 16.4. The van der Waals surface area contributed by atoms with Crippen molar-refractivity contribution in [2.45, 2.75) is 6.42 Å². The molecular formula is C21H19FN2O2. The minimum Gasteiger partial charge on any atom is -0.494 e. The highest BCUT2D eigenvalue weighted by Crippen LogP contribution is 2.18. The number of aromatic nitrogens is 1. The highest BCUT2D eigenvalue weighted by atomic mass is 19.1. The van der Waals surface area contributed by atoms with Crippen molar-refractivity contribution in [3.63, 3.8) is 0 Å². The average molecular weight is 350 g/mol. The fraction of sp³-hybridized carbons (Fsp3) is 0.143. The third kappa shape index (κ3) is 4.25. The number of carbonyl (C=O) groups excluding carboxylic acids is 1. The average Bonchev–Trinajstić information content (AvgIpc) is 2.66. The molecule has 1 N–H and O–H groups in total. The molecule has 0 atom stereocenters. The van der Waals surface area contributed by atoms with Gasteiger partial charge in [-0.3, -0.25) is 9.78 Å². The van der Waals surface area contributed by atoms with Crippen molar-refractivity contribution < 1.29 is 13.9 Å². The van der Waals surface area contributed by atoms with Crippen LogP contribution in [0.3, 0.4) is 0 Å². The summed E-state index contributed by atoms with van der Waals surface area (Å²) in [5.41, 5.74) is 2.63. The number of rotatable bonds is 6. The van der Waals surface area contributed by atoms with Crippen LogP contribution in [0, 0.1) is 5.82 Å². The number of amides is 1. The van der Waals surface area contributed by atoms with Crippen LogP contribution < -0.4 is 10.1 Å². The Balaban J connectivity index is 1.56. The second kappa shape index (κ2) is 8.25. The molecule has 5 heteroatoms. The molecule has 0 spiro atoms. The highest BCUT2D eigenvalue weighted by Gasteiger charge is 2.04. The molecule has 3 aromatic rings. The van der Waals surface area contributed by atoms with E-state index in [1.165, 1.54) is 25.3 Å². The number of para-hydroxylation sites is 1. The van der Waals surface area contributed by atoms with Crippen LogP contribution in [0.2, 0.25) is 0 Å². The minimum atomic E-state index is -0.460. The van der Waals surface area contributed by atoms with Gasteiger partial charge in [0.15, 0.2) is 11.6 Å². The lowest BCUT2D eigenvalue weighted by atomic mass is 10.1. The minimum absolute atomic E-state index is 0.176. The molecule has 1 aromatic heterocycles. The fourth-order valence-electron chi connectivity index (χ4n) is 2.71. The quantitative estimate of drug-likeness (QED) is 0.689. The maximum atomic E-state index is 13.6.